The van der Waals surface area contributed by atoms with Crippen molar-refractivity contribution in [2.45, 2.75) is 12.2 Å². The summed E-state index contributed by atoms with van der Waals surface area (Å²) in [5.41, 5.74) is 0. The molecule has 2 atom stereocenters. The molecular weight excluding hydrogens is 244 g/mol. The SMILES string of the molecule is COC(=O)C1OSCSOC1C(=O)OC. The number of esters is 2. The first-order chi connectivity index (χ1) is 7.20. The lowest BCUT2D eigenvalue weighted by molar-refractivity contribution is -0.163. The summed E-state index contributed by atoms with van der Waals surface area (Å²) in [6.45, 7) is 0. The summed E-state index contributed by atoms with van der Waals surface area (Å²) in [6, 6.07) is 0. The van der Waals surface area contributed by atoms with Crippen LogP contribution >= 0.6 is 24.1 Å². The average molecular weight is 254 g/mol. The van der Waals surface area contributed by atoms with Gasteiger partial charge in [0, 0.05) is 24.1 Å². The van der Waals surface area contributed by atoms with Crippen LogP contribution in [0, 0.1) is 0 Å². The van der Waals surface area contributed by atoms with E-state index in [1.807, 2.05) is 0 Å². The van der Waals surface area contributed by atoms with E-state index in [1.165, 1.54) is 14.2 Å². The second kappa shape index (κ2) is 6.21. The van der Waals surface area contributed by atoms with Gasteiger partial charge in [0.1, 0.15) is 0 Å². The molecule has 6 nitrogen and oxygen atoms in total. The molecule has 0 aromatic carbocycles. The fraction of sp³-hybridized carbons (Fsp3) is 0.714. The second-order valence-corrected chi connectivity index (χ2v) is 4.23. The van der Waals surface area contributed by atoms with Crippen LogP contribution in [0.5, 0.6) is 0 Å². The predicted octanol–water partition coefficient (Wildman–Crippen LogP) is 0.370. The smallest absolute Gasteiger partial charge is 0.339 e. The monoisotopic (exact) mass is 254 g/mol. The molecule has 0 spiro atoms. The second-order valence-electron chi connectivity index (χ2n) is 2.43. The molecule has 0 aromatic heterocycles. The van der Waals surface area contributed by atoms with E-state index >= 15 is 0 Å². The minimum atomic E-state index is -1.09. The van der Waals surface area contributed by atoms with Gasteiger partial charge in [0.05, 0.1) is 19.3 Å². The molecule has 0 saturated carbocycles. The van der Waals surface area contributed by atoms with Gasteiger partial charge in [-0.1, -0.05) is 0 Å². The summed E-state index contributed by atoms with van der Waals surface area (Å²) in [6.07, 6.45) is -2.19. The molecule has 0 radical (unpaired) electrons. The highest BCUT2D eigenvalue weighted by atomic mass is 32.2. The molecule has 0 N–H and O–H groups in total. The predicted molar refractivity (Wildman–Crippen MR) is 53.8 cm³/mol. The number of carbonyl (C=O) groups is 2. The summed E-state index contributed by atoms with van der Waals surface area (Å²) in [4.78, 5) is 22.6. The Morgan fingerprint density at radius 1 is 1.07 bits per heavy atom. The minimum Gasteiger partial charge on any atom is -0.467 e. The number of ether oxygens (including phenoxy) is 2. The lowest BCUT2D eigenvalue weighted by Crippen LogP contribution is -2.42. The van der Waals surface area contributed by atoms with Crippen molar-refractivity contribution in [1.82, 2.24) is 0 Å². The van der Waals surface area contributed by atoms with E-state index in [9.17, 15) is 9.59 Å². The zero-order valence-corrected chi connectivity index (χ0v) is 9.76. The van der Waals surface area contributed by atoms with Crippen molar-refractivity contribution < 1.29 is 27.4 Å². The largest absolute Gasteiger partial charge is 0.467 e. The van der Waals surface area contributed by atoms with Crippen LogP contribution < -0.4 is 0 Å². The molecule has 0 bridgehead atoms. The van der Waals surface area contributed by atoms with Gasteiger partial charge in [-0.05, 0) is 0 Å². The molecule has 0 amide bonds. The molecule has 1 aliphatic rings. The highest BCUT2D eigenvalue weighted by Gasteiger charge is 2.40. The van der Waals surface area contributed by atoms with Crippen molar-refractivity contribution in [2.24, 2.45) is 0 Å². The Hall–Kier alpha value is -0.440. The van der Waals surface area contributed by atoms with Crippen LogP contribution in [-0.2, 0) is 27.4 Å². The molecule has 1 fully saturated rings. The molecule has 1 saturated heterocycles. The Balaban J connectivity index is 2.75. The third-order valence-electron chi connectivity index (χ3n) is 1.58. The first kappa shape index (κ1) is 12.6. The number of hydrogen-bond acceptors (Lipinski definition) is 8. The van der Waals surface area contributed by atoms with Gasteiger partial charge in [-0.15, -0.1) is 0 Å². The number of carbonyl (C=O) groups excluding carboxylic acids is 2. The van der Waals surface area contributed by atoms with Crippen LogP contribution in [0.15, 0.2) is 0 Å². The third-order valence-corrected chi connectivity index (χ3v) is 3.04. The summed E-state index contributed by atoms with van der Waals surface area (Å²) in [5.74, 6) is -1.33. The van der Waals surface area contributed by atoms with E-state index in [1.54, 1.807) is 0 Å². The van der Waals surface area contributed by atoms with Crippen molar-refractivity contribution in [1.29, 1.82) is 0 Å². The first-order valence-electron chi connectivity index (χ1n) is 3.93. The molecular formula is C7H10O6S2. The van der Waals surface area contributed by atoms with Crippen LogP contribution in [0.25, 0.3) is 0 Å². The Morgan fingerprint density at radius 3 is 1.80 bits per heavy atom. The van der Waals surface area contributed by atoms with Crippen molar-refractivity contribution in [2.75, 3.05) is 19.3 Å². The quantitative estimate of drug-likeness (QED) is 0.517. The Kier molecular flexibility index (Phi) is 5.23. The Bertz CT molecular complexity index is 222. The lowest BCUT2D eigenvalue weighted by atomic mass is 10.2. The van der Waals surface area contributed by atoms with Crippen molar-refractivity contribution in [3.8, 4) is 0 Å². The van der Waals surface area contributed by atoms with Gasteiger partial charge in [0.15, 0.2) is 0 Å². The number of hydrogen-bond donors (Lipinski definition) is 0. The highest BCUT2D eigenvalue weighted by molar-refractivity contribution is 8.11. The minimum absolute atomic E-state index is 0.459. The summed E-state index contributed by atoms with van der Waals surface area (Å²) < 4.78 is 19.2. The normalized spacial score (nSPS) is 26.5. The van der Waals surface area contributed by atoms with E-state index < -0.39 is 24.1 Å². The van der Waals surface area contributed by atoms with Crippen LogP contribution in [0.2, 0.25) is 0 Å². The topological polar surface area (TPSA) is 71.1 Å². The van der Waals surface area contributed by atoms with Gasteiger partial charge in [-0.2, -0.15) is 0 Å². The maximum atomic E-state index is 11.3. The van der Waals surface area contributed by atoms with Gasteiger partial charge >= 0.3 is 11.9 Å². The van der Waals surface area contributed by atoms with E-state index in [2.05, 4.69) is 9.47 Å². The van der Waals surface area contributed by atoms with Gasteiger partial charge < -0.3 is 9.47 Å². The van der Waals surface area contributed by atoms with Crippen molar-refractivity contribution >= 4 is 36.0 Å². The molecule has 1 aliphatic heterocycles. The zero-order chi connectivity index (χ0) is 11.3. The summed E-state index contributed by atoms with van der Waals surface area (Å²) in [7, 11) is 2.42. The molecule has 1 rings (SSSR count). The first-order valence-corrected chi connectivity index (χ1v) is 5.75. The summed E-state index contributed by atoms with van der Waals surface area (Å²) >= 11 is 2.06. The molecule has 8 heteroatoms. The molecule has 86 valence electrons. The van der Waals surface area contributed by atoms with Gasteiger partial charge in [0.25, 0.3) is 0 Å². The summed E-state index contributed by atoms with van der Waals surface area (Å²) in [5, 5.41) is 0.459. The van der Waals surface area contributed by atoms with Crippen LogP contribution in [-0.4, -0.2) is 43.5 Å². The molecule has 0 aliphatic carbocycles. The van der Waals surface area contributed by atoms with Crippen LogP contribution in [0.3, 0.4) is 0 Å². The zero-order valence-electron chi connectivity index (χ0n) is 8.13. The Labute approximate surface area is 95.4 Å². The number of rotatable bonds is 2. The van der Waals surface area contributed by atoms with Crippen LogP contribution in [0.4, 0.5) is 0 Å². The van der Waals surface area contributed by atoms with E-state index in [0.29, 0.717) is 5.08 Å². The standard InChI is InChI=1S/C7H10O6S2/c1-10-6(8)4-5(7(9)11-2)13-15-3-14-12-4/h4-5H,3H2,1-2H3. The van der Waals surface area contributed by atoms with E-state index in [-0.39, 0.29) is 0 Å². The van der Waals surface area contributed by atoms with Crippen LogP contribution in [0.1, 0.15) is 0 Å². The lowest BCUT2D eigenvalue weighted by Gasteiger charge is -2.18. The number of methoxy groups -OCH3 is 2. The molecule has 15 heavy (non-hydrogen) atoms. The third kappa shape index (κ3) is 3.26. The van der Waals surface area contributed by atoms with E-state index in [4.69, 9.17) is 8.37 Å². The maximum Gasteiger partial charge on any atom is 0.339 e. The average Bonchev–Trinajstić information content (AvgIpc) is 2.52. The molecule has 0 aromatic rings. The van der Waals surface area contributed by atoms with Crippen molar-refractivity contribution in [3.63, 3.8) is 0 Å². The van der Waals surface area contributed by atoms with Gasteiger partial charge in [0.2, 0.25) is 12.2 Å². The van der Waals surface area contributed by atoms with Gasteiger partial charge in [-0.3, -0.25) is 8.37 Å². The fourth-order valence-electron chi connectivity index (χ4n) is 0.881. The van der Waals surface area contributed by atoms with Gasteiger partial charge in [-0.25, -0.2) is 9.59 Å². The maximum absolute atomic E-state index is 11.3. The Morgan fingerprint density at radius 2 is 1.47 bits per heavy atom. The molecule has 1 heterocycles. The van der Waals surface area contributed by atoms with E-state index in [0.717, 1.165) is 24.1 Å². The fourth-order valence-corrected chi connectivity index (χ4v) is 2.13. The molecule has 2 unspecified atom stereocenters. The highest BCUT2D eigenvalue weighted by Crippen LogP contribution is 2.27. The van der Waals surface area contributed by atoms with Crippen molar-refractivity contribution in [3.05, 3.63) is 0 Å².